The number of amides is 1. The lowest BCUT2D eigenvalue weighted by Crippen LogP contribution is -2.39. The third kappa shape index (κ3) is 2.93. The third-order valence-electron chi connectivity index (χ3n) is 8.08. The molecule has 3 fully saturated rings. The molecule has 6 atom stereocenters. The van der Waals surface area contributed by atoms with E-state index < -0.39 is 0 Å². The van der Waals surface area contributed by atoms with Gasteiger partial charge < -0.3 is 15.4 Å². The van der Waals surface area contributed by atoms with Gasteiger partial charge in [-0.05, 0) is 63.0 Å². The smallest absolute Gasteiger partial charge is 0.235 e. The number of methoxy groups -OCH3 is 1. The molecule has 4 unspecified atom stereocenters. The van der Waals surface area contributed by atoms with Crippen LogP contribution in [-0.2, 0) is 10.2 Å². The van der Waals surface area contributed by atoms with E-state index >= 15 is 0 Å². The van der Waals surface area contributed by atoms with E-state index in [1.165, 1.54) is 11.1 Å². The summed E-state index contributed by atoms with van der Waals surface area (Å²) in [5.41, 5.74) is 10.1. The number of carbonyl (C=O) groups is 1. The minimum Gasteiger partial charge on any atom is -0.491 e. The first-order chi connectivity index (χ1) is 15.5. The van der Waals surface area contributed by atoms with E-state index in [-0.39, 0.29) is 17.5 Å². The van der Waals surface area contributed by atoms with Gasteiger partial charge in [-0.25, -0.2) is 15.4 Å². The monoisotopic (exact) mass is 434 g/mol. The highest BCUT2D eigenvalue weighted by Gasteiger charge is 2.67. The van der Waals surface area contributed by atoms with Crippen LogP contribution >= 0.6 is 0 Å². The topological polar surface area (TPSA) is 100 Å². The molecule has 2 aromatic rings. The number of hydrogen-bond donors (Lipinski definition) is 4. The fourth-order valence-electron chi connectivity index (χ4n) is 6.38. The molecule has 0 bridgehead atoms. The molecule has 1 amide bonds. The van der Waals surface area contributed by atoms with E-state index in [0.29, 0.717) is 35.4 Å². The molecule has 1 aromatic heterocycles. The van der Waals surface area contributed by atoms with Crippen molar-refractivity contribution in [1.82, 2.24) is 20.8 Å². The van der Waals surface area contributed by atoms with Crippen LogP contribution < -0.4 is 26.2 Å². The number of nitrogens with one attached hydrogen (secondary N) is 4. The van der Waals surface area contributed by atoms with Crippen molar-refractivity contribution < 1.29 is 9.53 Å². The number of aromatic nitrogens is 2. The molecule has 1 aromatic carbocycles. The zero-order chi connectivity index (χ0) is 22.0. The van der Waals surface area contributed by atoms with Crippen LogP contribution in [0.2, 0.25) is 0 Å². The molecule has 4 aliphatic rings. The Morgan fingerprint density at radius 2 is 2.09 bits per heavy atom. The zero-order valence-corrected chi connectivity index (χ0v) is 18.7. The summed E-state index contributed by atoms with van der Waals surface area (Å²) >= 11 is 0. The lowest BCUT2D eigenvalue weighted by molar-refractivity contribution is -0.118. The summed E-state index contributed by atoms with van der Waals surface area (Å²) in [5, 5.41) is 6.66. The fraction of sp³-hybridized carbons (Fsp3) is 0.542. The summed E-state index contributed by atoms with van der Waals surface area (Å²) in [7, 11) is 1.64. The molecule has 3 heterocycles. The van der Waals surface area contributed by atoms with Gasteiger partial charge in [0.05, 0.1) is 24.9 Å². The molecular weight excluding hydrogens is 404 g/mol. The first-order valence-corrected chi connectivity index (χ1v) is 11.6. The van der Waals surface area contributed by atoms with Crippen molar-refractivity contribution in [3.63, 3.8) is 0 Å². The number of anilines is 2. The van der Waals surface area contributed by atoms with E-state index in [1.807, 2.05) is 6.92 Å². The molecule has 6 rings (SSSR count). The van der Waals surface area contributed by atoms with Gasteiger partial charge in [-0.2, -0.15) is 0 Å². The van der Waals surface area contributed by atoms with Crippen molar-refractivity contribution in [2.45, 2.75) is 57.2 Å². The molecule has 168 valence electrons. The number of rotatable bonds is 4. The van der Waals surface area contributed by atoms with E-state index in [4.69, 9.17) is 4.74 Å². The first kappa shape index (κ1) is 19.9. The molecular formula is C24H30N6O2. The summed E-state index contributed by atoms with van der Waals surface area (Å²) in [5.74, 6) is 3.72. The summed E-state index contributed by atoms with van der Waals surface area (Å²) in [6.45, 7) is 3.98. The van der Waals surface area contributed by atoms with Crippen LogP contribution in [0.25, 0.3) is 0 Å². The Labute approximate surface area is 187 Å². The Kier molecular flexibility index (Phi) is 4.45. The summed E-state index contributed by atoms with van der Waals surface area (Å²) < 4.78 is 5.43. The van der Waals surface area contributed by atoms with Crippen molar-refractivity contribution in [2.75, 3.05) is 17.7 Å². The van der Waals surface area contributed by atoms with Crippen molar-refractivity contribution in [3.05, 3.63) is 41.3 Å². The number of benzene rings is 1. The highest BCUT2D eigenvalue weighted by atomic mass is 16.5. The van der Waals surface area contributed by atoms with Crippen LogP contribution in [0.5, 0.6) is 5.75 Å². The second-order valence-corrected chi connectivity index (χ2v) is 9.87. The molecule has 2 aliphatic carbocycles. The molecule has 0 radical (unpaired) electrons. The minimum absolute atomic E-state index is 0.0791. The maximum absolute atomic E-state index is 13.0. The van der Waals surface area contributed by atoms with Crippen LogP contribution in [-0.4, -0.2) is 35.2 Å². The molecule has 1 spiro atoms. The Hall–Kier alpha value is -2.71. The average molecular weight is 435 g/mol. The standard InChI is InChI=1S/C24H30N6O2/c1-12-4-7-18-16(8-12)24(23(31)27-18)10-17(24)14-5-6-15-19(9-14)29-30-21(15)28-22-20(32-3)11-25-13(2)26-22/h4,7-8,11,14-15,17,19,21,29-30H,5-6,9-10H2,1-3H3,(H,27,31)(H,25,26,28)/t14?,15?,17-,19?,21?,24+/m0/s1. The van der Waals surface area contributed by atoms with Crippen molar-refractivity contribution >= 4 is 17.4 Å². The van der Waals surface area contributed by atoms with E-state index in [1.54, 1.807) is 13.3 Å². The number of hydrazine groups is 1. The van der Waals surface area contributed by atoms with Crippen molar-refractivity contribution in [3.8, 4) is 5.75 Å². The van der Waals surface area contributed by atoms with Crippen molar-refractivity contribution in [2.24, 2.45) is 17.8 Å². The van der Waals surface area contributed by atoms with Gasteiger partial charge in [0.15, 0.2) is 11.6 Å². The number of fused-ring (bicyclic) bond motifs is 3. The van der Waals surface area contributed by atoms with Gasteiger partial charge in [0.2, 0.25) is 5.91 Å². The van der Waals surface area contributed by atoms with E-state index in [2.05, 4.69) is 56.6 Å². The van der Waals surface area contributed by atoms with Gasteiger partial charge in [-0.1, -0.05) is 17.7 Å². The second-order valence-electron chi connectivity index (χ2n) is 9.87. The van der Waals surface area contributed by atoms with E-state index in [9.17, 15) is 4.79 Å². The third-order valence-corrected chi connectivity index (χ3v) is 8.08. The first-order valence-electron chi connectivity index (χ1n) is 11.6. The molecule has 2 aliphatic heterocycles. The maximum Gasteiger partial charge on any atom is 0.235 e. The number of nitrogens with zero attached hydrogens (tertiary/aromatic N) is 2. The van der Waals surface area contributed by atoms with Crippen LogP contribution in [0.15, 0.2) is 24.4 Å². The largest absolute Gasteiger partial charge is 0.491 e. The molecule has 4 N–H and O–H groups in total. The highest BCUT2D eigenvalue weighted by molar-refractivity contribution is 6.09. The lowest BCUT2D eigenvalue weighted by atomic mass is 9.74. The summed E-state index contributed by atoms with van der Waals surface area (Å²) in [6.07, 6.45) is 6.09. The van der Waals surface area contributed by atoms with Gasteiger partial charge in [-0.3, -0.25) is 10.2 Å². The van der Waals surface area contributed by atoms with Crippen LogP contribution in [0, 0.1) is 31.6 Å². The van der Waals surface area contributed by atoms with Gasteiger partial charge in [0.1, 0.15) is 5.82 Å². The molecule has 2 saturated carbocycles. The van der Waals surface area contributed by atoms with Gasteiger partial charge >= 0.3 is 0 Å². The number of hydrogen-bond acceptors (Lipinski definition) is 7. The summed E-state index contributed by atoms with van der Waals surface area (Å²) in [4.78, 5) is 21.7. The van der Waals surface area contributed by atoms with Crippen LogP contribution in [0.4, 0.5) is 11.5 Å². The Balaban J connectivity index is 1.16. The quantitative estimate of drug-likeness (QED) is 0.587. The molecule has 32 heavy (non-hydrogen) atoms. The maximum atomic E-state index is 13.0. The van der Waals surface area contributed by atoms with Gasteiger partial charge in [0.25, 0.3) is 0 Å². The normalized spacial score (nSPS) is 34.7. The Bertz CT molecular complexity index is 1090. The zero-order valence-electron chi connectivity index (χ0n) is 18.7. The molecule has 1 saturated heterocycles. The number of ether oxygens (including phenoxy) is 1. The number of carbonyl (C=O) groups excluding carboxylic acids is 1. The average Bonchev–Trinajstić information content (AvgIpc) is 3.34. The van der Waals surface area contributed by atoms with Crippen LogP contribution in [0.1, 0.15) is 42.6 Å². The van der Waals surface area contributed by atoms with E-state index in [0.717, 1.165) is 37.2 Å². The predicted molar refractivity (Wildman–Crippen MR) is 121 cm³/mol. The predicted octanol–water partition coefficient (Wildman–Crippen LogP) is 2.64. The molecule has 8 heteroatoms. The lowest BCUT2D eigenvalue weighted by Gasteiger charge is -2.34. The Morgan fingerprint density at radius 3 is 2.94 bits per heavy atom. The SMILES string of the molecule is COc1cnc(C)nc1NC1NNC2CC([C@@H]3C[C@]34C(=O)Nc3ccc(C)cc34)CCC21. The Morgan fingerprint density at radius 1 is 1.22 bits per heavy atom. The van der Waals surface area contributed by atoms with Crippen LogP contribution in [0.3, 0.4) is 0 Å². The van der Waals surface area contributed by atoms with Crippen molar-refractivity contribution in [1.29, 1.82) is 0 Å². The second kappa shape index (κ2) is 7.15. The number of aryl methyl sites for hydroxylation is 2. The fourth-order valence-corrected chi connectivity index (χ4v) is 6.38. The van der Waals surface area contributed by atoms with Gasteiger partial charge in [0, 0.05) is 17.6 Å². The highest BCUT2D eigenvalue weighted by Crippen LogP contribution is 2.65. The summed E-state index contributed by atoms with van der Waals surface area (Å²) in [6, 6.07) is 6.73. The van der Waals surface area contributed by atoms with Gasteiger partial charge in [-0.15, -0.1) is 0 Å². The molecule has 8 nitrogen and oxygen atoms in total. The minimum atomic E-state index is -0.297.